The van der Waals surface area contributed by atoms with Crippen LogP contribution in [0, 0.1) is 24.7 Å². The zero-order valence-corrected chi connectivity index (χ0v) is 14.6. The molecular formula is C19H27ClN2O. The second-order valence-corrected chi connectivity index (χ2v) is 7.57. The van der Waals surface area contributed by atoms with Gasteiger partial charge in [-0.2, -0.15) is 0 Å². The molecule has 3 aliphatic rings. The van der Waals surface area contributed by atoms with Crippen LogP contribution in [0.2, 0.25) is 0 Å². The summed E-state index contributed by atoms with van der Waals surface area (Å²) in [6.45, 7) is 2.98. The van der Waals surface area contributed by atoms with E-state index < -0.39 is 0 Å². The third-order valence-electron chi connectivity index (χ3n) is 6.16. The quantitative estimate of drug-likeness (QED) is 0.855. The first-order chi connectivity index (χ1) is 10.6. The molecule has 1 heterocycles. The van der Waals surface area contributed by atoms with Crippen molar-refractivity contribution < 1.29 is 4.79 Å². The molecule has 2 saturated carbocycles. The van der Waals surface area contributed by atoms with Crippen molar-refractivity contribution in [2.75, 3.05) is 11.4 Å². The first-order valence-corrected chi connectivity index (χ1v) is 8.80. The Morgan fingerprint density at radius 1 is 1.22 bits per heavy atom. The van der Waals surface area contributed by atoms with Gasteiger partial charge in [-0.1, -0.05) is 24.1 Å². The van der Waals surface area contributed by atoms with Crippen molar-refractivity contribution in [2.24, 2.45) is 23.5 Å². The highest BCUT2D eigenvalue weighted by molar-refractivity contribution is 5.97. The van der Waals surface area contributed by atoms with Gasteiger partial charge in [0.05, 0.1) is 0 Å². The molecule has 4 heteroatoms. The monoisotopic (exact) mass is 334 g/mol. The first kappa shape index (κ1) is 16.8. The van der Waals surface area contributed by atoms with E-state index in [0.717, 1.165) is 31.5 Å². The number of aryl methyl sites for hydroxylation is 1. The summed E-state index contributed by atoms with van der Waals surface area (Å²) in [4.78, 5) is 15.1. The molecule has 1 aromatic rings. The van der Waals surface area contributed by atoms with Crippen molar-refractivity contribution in [1.29, 1.82) is 0 Å². The van der Waals surface area contributed by atoms with Crippen LogP contribution < -0.4 is 10.6 Å². The predicted molar refractivity (Wildman–Crippen MR) is 96.0 cm³/mol. The van der Waals surface area contributed by atoms with Crippen molar-refractivity contribution in [2.45, 2.75) is 51.5 Å². The second-order valence-electron chi connectivity index (χ2n) is 7.57. The molecule has 2 bridgehead atoms. The largest absolute Gasteiger partial charge is 0.327 e. The molecule has 4 rings (SSSR count). The molecule has 2 unspecified atom stereocenters. The van der Waals surface area contributed by atoms with Crippen LogP contribution in [0.25, 0.3) is 0 Å². The molecule has 2 atom stereocenters. The smallest absolute Gasteiger partial charge is 0.230 e. The summed E-state index contributed by atoms with van der Waals surface area (Å²) in [5.74, 6) is 1.69. The van der Waals surface area contributed by atoms with Crippen LogP contribution in [0.1, 0.15) is 43.2 Å². The Bertz CT molecular complexity index is 589. The van der Waals surface area contributed by atoms with Gasteiger partial charge >= 0.3 is 0 Å². The maximum Gasteiger partial charge on any atom is 0.230 e. The molecule has 1 amide bonds. The maximum absolute atomic E-state index is 13.1. The first-order valence-electron chi connectivity index (χ1n) is 8.80. The van der Waals surface area contributed by atoms with Crippen molar-refractivity contribution in [3.8, 4) is 0 Å². The van der Waals surface area contributed by atoms with Gasteiger partial charge in [0.2, 0.25) is 5.91 Å². The van der Waals surface area contributed by atoms with Crippen LogP contribution in [-0.4, -0.2) is 18.5 Å². The summed E-state index contributed by atoms with van der Waals surface area (Å²) in [7, 11) is 0. The van der Waals surface area contributed by atoms with Gasteiger partial charge in [0.15, 0.2) is 0 Å². The fraction of sp³-hybridized carbons (Fsp3) is 0.632. The molecule has 0 aromatic heterocycles. The van der Waals surface area contributed by atoms with E-state index in [1.165, 1.54) is 30.4 Å². The van der Waals surface area contributed by atoms with E-state index in [-0.39, 0.29) is 18.3 Å². The van der Waals surface area contributed by atoms with Gasteiger partial charge in [0.1, 0.15) is 0 Å². The molecule has 23 heavy (non-hydrogen) atoms. The van der Waals surface area contributed by atoms with Crippen LogP contribution in [-0.2, 0) is 11.2 Å². The van der Waals surface area contributed by atoms with E-state index >= 15 is 0 Å². The van der Waals surface area contributed by atoms with Crippen LogP contribution in [0.5, 0.6) is 0 Å². The number of fused-ring (bicyclic) bond motifs is 3. The summed E-state index contributed by atoms with van der Waals surface area (Å²) < 4.78 is 0. The fourth-order valence-electron chi connectivity index (χ4n) is 4.97. The highest BCUT2D eigenvalue weighted by Crippen LogP contribution is 2.43. The molecule has 126 valence electrons. The van der Waals surface area contributed by atoms with E-state index in [1.54, 1.807) is 0 Å². The molecule has 0 spiro atoms. The third-order valence-corrected chi connectivity index (χ3v) is 6.16. The number of rotatable bonds is 1. The van der Waals surface area contributed by atoms with E-state index in [2.05, 4.69) is 25.1 Å². The van der Waals surface area contributed by atoms with Crippen LogP contribution in [0.4, 0.5) is 5.69 Å². The molecule has 3 nitrogen and oxygen atoms in total. The van der Waals surface area contributed by atoms with Gasteiger partial charge in [0.25, 0.3) is 0 Å². The predicted octanol–water partition coefficient (Wildman–Crippen LogP) is 3.46. The SMILES string of the molecule is Cc1ccc2c(c1)CCN2C(=O)C1CC2CCCC(C1)C2N.Cl. The molecule has 2 fully saturated rings. The second kappa shape index (κ2) is 6.45. The summed E-state index contributed by atoms with van der Waals surface area (Å²) in [6, 6.07) is 6.82. The molecule has 2 aliphatic carbocycles. The molecule has 1 aliphatic heterocycles. The van der Waals surface area contributed by atoms with Gasteiger partial charge in [-0.15, -0.1) is 12.4 Å². The van der Waals surface area contributed by atoms with E-state index in [0.29, 0.717) is 23.8 Å². The molecule has 0 saturated heterocycles. The molecule has 1 aromatic carbocycles. The number of hydrogen-bond acceptors (Lipinski definition) is 2. The number of nitrogens with two attached hydrogens (primary N) is 1. The van der Waals surface area contributed by atoms with E-state index in [9.17, 15) is 4.79 Å². The highest BCUT2D eigenvalue weighted by Gasteiger charge is 2.42. The lowest BCUT2D eigenvalue weighted by atomic mass is 9.65. The zero-order valence-electron chi connectivity index (χ0n) is 13.8. The lowest BCUT2D eigenvalue weighted by Gasteiger charge is -2.44. The average molecular weight is 335 g/mol. The standard InChI is InChI=1S/C19H26N2O.ClH/c1-12-5-6-17-13(9-12)7-8-21(17)19(22)16-10-14-3-2-4-15(11-16)18(14)20;/h5-6,9,14-16,18H,2-4,7-8,10-11,20H2,1H3;1H. The minimum atomic E-state index is 0. The Kier molecular flexibility index (Phi) is 4.70. The summed E-state index contributed by atoms with van der Waals surface area (Å²) in [5.41, 5.74) is 10.1. The Morgan fingerprint density at radius 2 is 1.91 bits per heavy atom. The molecular weight excluding hydrogens is 308 g/mol. The fourth-order valence-corrected chi connectivity index (χ4v) is 4.97. The lowest BCUT2D eigenvalue weighted by Crippen LogP contribution is -2.49. The third kappa shape index (κ3) is 2.89. The summed E-state index contributed by atoms with van der Waals surface area (Å²) in [6.07, 6.45) is 6.76. The number of carbonyl (C=O) groups excluding carboxylic acids is 1. The topological polar surface area (TPSA) is 46.3 Å². The van der Waals surface area contributed by atoms with E-state index in [1.807, 2.05) is 4.90 Å². The van der Waals surface area contributed by atoms with Gasteiger partial charge in [0, 0.05) is 24.2 Å². The number of carbonyl (C=O) groups is 1. The summed E-state index contributed by atoms with van der Waals surface area (Å²) >= 11 is 0. The Labute approximate surface area is 145 Å². The Balaban J connectivity index is 0.00000156. The molecule has 2 N–H and O–H groups in total. The molecule has 0 radical (unpaired) electrons. The maximum atomic E-state index is 13.1. The van der Waals surface area contributed by atoms with Gasteiger partial charge in [-0.25, -0.2) is 0 Å². The number of hydrogen-bond donors (Lipinski definition) is 1. The summed E-state index contributed by atoms with van der Waals surface area (Å²) in [5, 5.41) is 0. The van der Waals surface area contributed by atoms with Crippen molar-refractivity contribution >= 4 is 24.0 Å². The number of halogens is 1. The number of benzene rings is 1. The average Bonchev–Trinajstić information content (AvgIpc) is 2.89. The minimum Gasteiger partial charge on any atom is -0.327 e. The number of nitrogens with zero attached hydrogens (tertiary/aromatic N) is 1. The minimum absolute atomic E-state index is 0. The highest BCUT2D eigenvalue weighted by atomic mass is 35.5. The van der Waals surface area contributed by atoms with Gasteiger partial charge < -0.3 is 10.6 Å². The van der Waals surface area contributed by atoms with E-state index in [4.69, 9.17) is 5.73 Å². The van der Waals surface area contributed by atoms with Crippen molar-refractivity contribution in [3.63, 3.8) is 0 Å². The van der Waals surface area contributed by atoms with Gasteiger partial charge in [-0.05, 0) is 62.5 Å². The Hall–Kier alpha value is -1.06. The van der Waals surface area contributed by atoms with Crippen LogP contribution in [0.3, 0.4) is 0 Å². The van der Waals surface area contributed by atoms with Gasteiger partial charge in [-0.3, -0.25) is 4.79 Å². The van der Waals surface area contributed by atoms with Crippen LogP contribution >= 0.6 is 12.4 Å². The van der Waals surface area contributed by atoms with Crippen LogP contribution in [0.15, 0.2) is 18.2 Å². The van der Waals surface area contributed by atoms with Crippen molar-refractivity contribution in [3.05, 3.63) is 29.3 Å². The Morgan fingerprint density at radius 3 is 2.61 bits per heavy atom. The van der Waals surface area contributed by atoms with Crippen molar-refractivity contribution in [1.82, 2.24) is 0 Å². The normalized spacial score (nSPS) is 32.2. The number of anilines is 1. The number of amides is 1. The lowest BCUT2D eigenvalue weighted by molar-refractivity contribution is -0.125. The zero-order chi connectivity index (χ0) is 15.3.